The van der Waals surface area contributed by atoms with Gasteiger partial charge < -0.3 is 16.0 Å². The normalized spacial score (nSPS) is 20.7. The van der Waals surface area contributed by atoms with Gasteiger partial charge in [-0.15, -0.1) is 0 Å². The number of rotatable bonds is 4. The molecule has 7 heteroatoms. The third-order valence-corrected chi connectivity index (χ3v) is 5.68. The highest BCUT2D eigenvalue weighted by atomic mass is 32.2. The minimum absolute atomic E-state index is 0.154. The molecule has 0 saturated carbocycles. The summed E-state index contributed by atoms with van der Waals surface area (Å²) in [4.78, 5) is 2.42. The van der Waals surface area contributed by atoms with Gasteiger partial charge in [0.15, 0.2) is 0 Å². The minimum Gasteiger partial charge on any atom is -0.396 e. The van der Waals surface area contributed by atoms with E-state index >= 15 is 0 Å². The second kappa shape index (κ2) is 6.21. The number of nitrogens with zero attached hydrogens (tertiary/aromatic N) is 2. The molecule has 1 fully saturated rings. The molecule has 1 aromatic carbocycles. The van der Waals surface area contributed by atoms with E-state index in [4.69, 9.17) is 5.73 Å². The lowest BCUT2D eigenvalue weighted by molar-refractivity contribution is 0.261. The minimum atomic E-state index is -3.52. The Hall–Kier alpha value is -1.31. The Morgan fingerprint density at radius 2 is 2.10 bits per heavy atom. The number of nitrogen functional groups attached to an aromatic ring is 1. The van der Waals surface area contributed by atoms with Gasteiger partial charge >= 0.3 is 0 Å². The lowest BCUT2D eigenvalue weighted by atomic mass is 10.1. The maximum absolute atomic E-state index is 12.3. The first kappa shape index (κ1) is 16.1. The first-order chi connectivity index (χ1) is 9.82. The van der Waals surface area contributed by atoms with E-state index in [0.29, 0.717) is 17.4 Å². The van der Waals surface area contributed by atoms with E-state index in [0.717, 1.165) is 25.9 Å². The standard InChI is InChI=1S/C14H24N4O2S/c1-17(2)21(19,20)13-8-4-7-12(14(13)15)16-11-6-5-9-18(3)10-11/h4,7-8,11,16H,5-6,9-10,15H2,1-3H3. The number of para-hydroxylation sites is 1. The van der Waals surface area contributed by atoms with Gasteiger partial charge in [0.2, 0.25) is 10.0 Å². The zero-order valence-electron chi connectivity index (χ0n) is 12.8. The fourth-order valence-corrected chi connectivity index (χ4v) is 3.63. The van der Waals surface area contributed by atoms with Crippen molar-refractivity contribution in [3.8, 4) is 0 Å². The van der Waals surface area contributed by atoms with Crippen LogP contribution in [-0.4, -0.2) is 57.9 Å². The number of piperidine rings is 1. The number of sulfonamides is 1. The number of nitrogens with one attached hydrogen (secondary N) is 1. The van der Waals surface area contributed by atoms with E-state index in [-0.39, 0.29) is 4.90 Å². The third kappa shape index (κ3) is 3.48. The van der Waals surface area contributed by atoms with Crippen LogP contribution in [0.4, 0.5) is 11.4 Å². The van der Waals surface area contributed by atoms with Gasteiger partial charge in [0.1, 0.15) is 4.90 Å². The van der Waals surface area contributed by atoms with Crippen molar-refractivity contribution in [2.45, 2.75) is 23.8 Å². The van der Waals surface area contributed by atoms with E-state index in [1.165, 1.54) is 18.4 Å². The van der Waals surface area contributed by atoms with E-state index in [2.05, 4.69) is 17.3 Å². The van der Waals surface area contributed by atoms with Gasteiger partial charge in [0.25, 0.3) is 0 Å². The smallest absolute Gasteiger partial charge is 0.244 e. The van der Waals surface area contributed by atoms with Crippen LogP contribution in [0.5, 0.6) is 0 Å². The van der Waals surface area contributed by atoms with Crippen LogP contribution in [0.1, 0.15) is 12.8 Å². The molecule has 1 aromatic rings. The van der Waals surface area contributed by atoms with Crippen LogP contribution in [0.3, 0.4) is 0 Å². The number of nitrogens with two attached hydrogens (primary N) is 1. The first-order valence-electron chi connectivity index (χ1n) is 7.08. The number of anilines is 2. The third-order valence-electron chi connectivity index (χ3n) is 3.81. The van der Waals surface area contributed by atoms with E-state index in [1.54, 1.807) is 12.1 Å². The summed E-state index contributed by atoms with van der Waals surface area (Å²) in [5.41, 5.74) is 7.06. The summed E-state index contributed by atoms with van der Waals surface area (Å²) in [6, 6.07) is 5.40. The SMILES string of the molecule is CN1CCCC(Nc2cccc(S(=O)(=O)N(C)C)c2N)C1. The molecule has 6 nitrogen and oxygen atoms in total. The van der Waals surface area contributed by atoms with E-state index in [9.17, 15) is 8.42 Å². The average Bonchev–Trinajstić information content (AvgIpc) is 2.41. The Morgan fingerprint density at radius 1 is 1.38 bits per heavy atom. The summed E-state index contributed by atoms with van der Waals surface area (Å²) < 4.78 is 25.7. The van der Waals surface area contributed by atoms with Crippen LogP contribution in [0.15, 0.2) is 23.1 Å². The van der Waals surface area contributed by atoms with Crippen molar-refractivity contribution in [1.82, 2.24) is 9.21 Å². The largest absolute Gasteiger partial charge is 0.396 e. The molecule has 0 aliphatic carbocycles. The highest BCUT2D eigenvalue weighted by molar-refractivity contribution is 7.89. The van der Waals surface area contributed by atoms with E-state index < -0.39 is 10.0 Å². The molecular formula is C14H24N4O2S. The van der Waals surface area contributed by atoms with Gasteiger partial charge in [0, 0.05) is 26.7 Å². The quantitative estimate of drug-likeness (QED) is 0.812. The Bertz CT molecular complexity index is 601. The van der Waals surface area contributed by atoms with Gasteiger partial charge in [-0.3, -0.25) is 0 Å². The number of likely N-dealkylation sites (N-methyl/N-ethyl adjacent to an activating group) is 1. The maximum atomic E-state index is 12.3. The summed E-state index contributed by atoms with van der Waals surface area (Å²) in [6.07, 6.45) is 2.19. The molecule has 0 bridgehead atoms. The fourth-order valence-electron chi connectivity index (χ4n) is 2.60. The molecule has 118 valence electrons. The van der Waals surface area contributed by atoms with Crippen molar-refractivity contribution >= 4 is 21.4 Å². The lowest BCUT2D eigenvalue weighted by Crippen LogP contribution is -2.39. The average molecular weight is 312 g/mol. The molecule has 0 aromatic heterocycles. The Balaban J connectivity index is 2.26. The number of benzene rings is 1. The zero-order chi connectivity index (χ0) is 15.6. The highest BCUT2D eigenvalue weighted by Gasteiger charge is 2.23. The number of hydrogen-bond donors (Lipinski definition) is 2. The Labute approximate surface area is 127 Å². The predicted octanol–water partition coefficient (Wildman–Crippen LogP) is 1.03. The summed E-state index contributed by atoms with van der Waals surface area (Å²) in [5, 5.41) is 3.38. The lowest BCUT2D eigenvalue weighted by Gasteiger charge is -2.31. The molecule has 1 unspecified atom stereocenters. The van der Waals surface area contributed by atoms with Gasteiger partial charge in [-0.05, 0) is 38.6 Å². The monoisotopic (exact) mass is 312 g/mol. The van der Waals surface area contributed by atoms with Gasteiger partial charge in [-0.25, -0.2) is 12.7 Å². The van der Waals surface area contributed by atoms with Crippen LogP contribution in [0.2, 0.25) is 0 Å². The molecule has 0 amide bonds. The van der Waals surface area contributed by atoms with Crippen molar-refractivity contribution in [3.63, 3.8) is 0 Å². The molecule has 0 spiro atoms. The Kier molecular flexibility index (Phi) is 4.75. The topological polar surface area (TPSA) is 78.7 Å². The van der Waals surface area contributed by atoms with E-state index in [1.807, 2.05) is 6.07 Å². The molecule has 0 radical (unpaired) electrons. The fraction of sp³-hybridized carbons (Fsp3) is 0.571. The molecular weight excluding hydrogens is 288 g/mol. The van der Waals surface area contributed by atoms with Gasteiger partial charge in [0.05, 0.1) is 11.4 Å². The molecule has 21 heavy (non-hydrogen) atoms. The second-order valence-corrected chi connectivity index (χ2v) is 7.87. The zero-order valence-corrected chi connectivity index (χ0v) is 13.7. The molecule has 1 saturated heterocycles. The number of hydrogen-bond acceptors (Lipinski definition) is 5. The van der Waals surface area contributed by atoms with Crippen molar-refractivity contribution in [3.05, 3.63) is 18.2 Å². The van der Waals surface area contributed by atoms with Crippen molar-refractivity contribution < 1.29 is 8.42 Å². The van der Waals surface area contributed by atoms with Crippen LogP contribution < -0.4 is 11.1 Å². The summed E-state index contributed by atoms with van der Waals surface area (Å²) in [7, 11) is 1.57. The van der Waals surface area contributed by atoms with Gasteiger partial charge in [-0.1, -0.05) is 6.07 Å². The molecule has 3 N–H and O–H groups in total. The molecule has 1 aliphatic heterocycles. The molecule has 2 rings (SSSR count). The number of likely N-dealkylation sites (tertiary alicyclic amines) is 1. The molecule has 1 atom stereocenters. The summed E-state index contributed by atoms with van der Waals surface area (Å²) in [5.74, 6) is 0. The molecule has 1 heterocycles. The van der Waals surface area contributed by atoms with Crippen LogP contribution >= 0.6 is 0 Å². The maximum Gasteiger partial charge on any atom is 0.244 e. The summed E-state index contributed by atoms with van der Waals surface area (Å²) >= 11 is 0. The van der Waals surface area contributed by atoms with Crippen LogP contribution in [0, 0.1) is 0 Å². The van der Waals surface area contributed by atoms with Gasteiger partial charge in [-0.2, -0.15) is 0 Å². The first-order valence-corrected chi connectivity index (χ1v) is 8.52. The van der Waals surface area contributed by atoms with Crippen LogP contribution in [0.25, 0.3) is 0 Å². The highest BCUT2D eigenvalue weighted by Crippen LogP contribution is 2.29. The van der Waals surface area contributed by atoms with Crippen molar-refractivity contribution in [2.24, 2.45) is 0 Å². The van der Waals surface area contributed by atoms with Crippen molar-refractivity contribution in [1.29, 1.82) is 0 Å². The molecule has 1 aliphatic rings. The predicted molar refractivity (Wildman–Crippen MR) is 85.9 cm³/mol. The Morgan fingerprint density at radius 3 is 2.71 bits per heavy atom. The second-order valence-electron chi connectivity index (χ2n) is 5.75. The van der Waals surface area contributed by atoms with Crippen molar-refractivity contribution in [2.75, 3.05) is 45.3 Å². The van der Waals surface area contributed by atoms with Crippen LogP contribution in [-0.2, 0) is 10.0 Å². The summed E-state index contributed by atoms with van der Waals surface area (Å²) in [6.45, 7) is 2.03.